The average Bonchev–Trinajstić information content (AvgIpc) is 3.04. The van der Waals surface area contributed by atoms with Crippen molar-refractivity contribution in [3.63, 3.8) is 0 Å². The smallest absolute Gasteiger partial charge is 0.129 e. The Kier molecular flexibility index (Phi) is 2.48. The van der Waals surface area contributed by atoms with Gasteiger partial charge in [0.2, 0.25) is 0 Å². The highest BCUT2D eigenvalue weighted by Gasteiger charge is 2.45. The van der Waals surface area contributed by atoms with Gasteiger partial charge in [0.1, 0.15) is 17.2 Å². The van der Waals surface area contributed by atoms with Crippen molar-refractivity contribution >= 4 is 0 Å². The van der Waals surface area contributed by atoms with Gasteiger partial charge in [0.05, 0.1) is 0 Å². The van der Waals surface area contributed by atoms with Crippen LogP contribution in [0.5, 0.6) is 0 Å². The number of nitrogens with two attached hydrogens (primary N) is 1. The molecule has 0 radical (unpaired) electrons. The maximum absolute atomic E-state index is 13.5. The monoisotopic (exact) mass is 213 g/mol. The molecular formula is C11H13F2NO. The van der Waals surface area contributed by atoms with Gasteiger partial charge >= 0.3 is 0 Å². The molecular weight excluding hydrogens is 200 g/mol. The van der Waals surface area contributed by atoms with Gasteiger partial charge in [-0.25, -0.2) is 8.78 Å². The van der Waals surface area contributed by atoms with Gasteiger partial charge in [-0.1, -0.05) is 0 Å². The molecule has 2 rings (SSSR count). The molecule has 2 nitrogen and oxygen atoms in total. The van der Waals surface area contributed by atoms with Gasteiger partial charge in [-0.3, -0.25) is 0 Å². The molecule has 0 amide bonds. The van der Waals surface area contributed by atoms with Crippen LogP contribution in [0.2, 0.25) is 0 Å². The zero-order chi connectivity index (χ0) is 11.1. The van der Waals surface area contributed by atoms with Crippen LogP contribution in [0.25, 0.3) is 0 Å². The molecule has 1 fully saturated rings. The lowest BCUT2D eigenvalue weighted by molar-refractivity contribution is 0.0184. The second kappa shape index (κ2) is 3.54. The second-order valence-electron chi connectivity index (χ2n) is 4.03. The van der Waals surface area contributed by atoms with Crippen LogP contribution in [0.4, 0.5) is 8.78 Å². The van der Waals surface area contributed by atoms with E-state index in [9.17, 15) is 13.9 Å². The van der Waals surface area contributed by atoms with Gasteiger partial charge in [0, 0.05) is 12.1 Å². The Bertz CT molecular complexity index is 379. The third-order valence-electron chi connectivity index (χ3n) is 2.96. The van der Waals surface area contributed by atoms with Gasteiger partial charge in [-0.05, 0) is 37.0 Å². The molecule has 0 aliphatic heterocycles. The Morgan fingerprint density at radius 1 is 1.40 bits per heavy atom. The lowest BCUT2D eigenvalue weighted by Gasteiger charge is -2.27. The van der Waals surface area contributed by atoms with Crippen LogP contribution >= 0.6 is 0 Å². The van der Waals surface area contributed by atoms with Crippen LogP contribution in [0.1, 0.15) is 18.4 Å². The summed E-state index contributed by atoms with van der Waals surface area (Å²) in [4.78, 5) is 0. The molecule has 0 heterocycles. The summed E-state index contributed by atoms with van der Waals surface area (Å²) in [7, 11) is 0. The molecule has 1 aromatic carbocycles. The summed E-state index contributed by atoms with van der Waals surface area (Å²) in [6, 6.07) is 3.08. The first-order valence-corrected chi connectivity index (χ1v) is 4.96. The van der Waals surface area contributed by atoms with Gasteiger partial charge in [0.25, 0.3) is 0 Å². The largest absolute Gasteiger partial charge is 0.383 e. The number of hydrogen-bond acceptors (Lipinski definition) is 2. The predicted octanol–water partition coefficient (Wildman–Crippen LogP) is 1.52. The molecule has 0 bridgehead atoms. The fourth-order valence-electron chi connectivity index (χ4n) is 1.89. The number of rotatable bonds is 3. The summed E-state index contributed by atoms with van der Waals surface area (Å²) >= 11 is 0. The average molecular weight is 213 g/mol. The van der Waals surface area contributed by atoms with Crippen LogP contribution in [-0.4, -0.2) is 11.7 Å². The molecule has 4 heteroatoms. The van der Waals surface area contributed by atoms with Crippen molar-refractivity contribution in [2.75, 3.05) is 6.54 Å². The fraction of sp³-hybridized carbons (Fsp3) is 0.455. The molecule has 3 N–H and O–H groups in total. The lowest BCUT2D eigenvalue weighted by Crippen LogP contribution is -2.38. The summed E-state index contributed by atoms with van der Waals surface area (Å²) in [5.41, 5.74) is 4.03. The van der Waals surface area contributed by atoms with Crippen molar-refractivity contribution in [1.29, 1.82) is 0 Å². The van der Waals surface area contributed by atoms with Gasteiger partial charge in [-0.15, -0.1) is 0 Å². The van der Waals surface area contributed by atoms with Gasteiger partial charge in [0.15, 0.2) is 0 Å². The molecule has 1 saturated carbocycles. The van der Waals surface area contributed by atoms with E-state index in [4.69, 9.17) is 5.73 Å². The van der Waals surface area contributed by atoms with Crippen molar-refractivity contribution in [2.45, 2.75) is 18.4 Å². The number of benzene rings is 1. The van der Waals surface area contributed by atoms with Crippen molar-refractivity contribution in [1.82, 2.24) is 0 Å². The highest BCUT2D eigenvalue weighted by molar-refractivity contribution is 5.28. The minimum absolute atomic E-state index is 0.0208. The van der Waals surface area contributed by atoms with Crippen LogP contribution in [-0.2, 0) is 5.60 Å². The second-order valence-corrected chi connectivity index (χ2v) is 4.03. The minimum Gasteiger partial charge on any atom is -0.383 e. The first kappa shape index (κ1) is 10.5. The van der Waals surface area contributed by atoms with E-state index in [1.807, 2.05) is 0 Å². The summed E-state index contributed by atoms with van der Waals surface area (Å²) in [6.07, 6.45) is 1.62. The zero-order valence-corrected chi connectivity index (χ0v) is 8.21. The Morgan fingerprint density at radius 3 is 2.60 bits per heavy atom. The minimum atomic E-state index is -1.41. The topological polar surface area (TPSA) is 46.2 Å². The summed E-state index contributed by atoms with van der Waals surface area (Å²) in [5.74, 6) is -1.20. The standard InChI is InChI=1S/C11H13F2NO/c12-8-3-4-10(13)9(5-8)11(15,6-14)7-1-2-7/h3-5,7,15H,1-2,6,14H2. The predicted molar refractivity (Wildman–Crippen MR) is 52.0 cm³/mol. The van der Waals surface area contributed by atoms with E-state index in [0.29, 0.717) is 0 Å². The SMILES string of the molecule is NCC(O)(c1cc(F)ccc1F)C1CC1. The highest BCUT2D eigenvalue weighted by atomic mass is 19.1. The first-order chi connectivity index (χ1) is 7.08. The summed E-state index contributed by atoms with van der Waals surface area (Å²) in [5, 5.41) is 10.2. The van der Waals surface area contributed by atoms with Gasteiger partial charge in [-0.2, -0.15) is 0 Å². The van der Waals surface area contributed by atoms with E-state index in [-0.39, 0.29) is 18.0 Å². The molecule has 0 aromatic heterocycles. The van der Waals surface area contributed by atoms with Crippen molar-refractivity contribution in [3.05, 3.63) is 35.4 Å². The van der Waals surface area contributed by atoms with Crippen molar-refractivity contribution in [2.24, 2.45) is 11.7 Å². The highest BCUT2D eigenvalue weighted by Crippen LogP contribution is 2.45. The van der Waals surface area contributed by atoms with Gasteiger partial charge < -0.3 is 10.8 Å². The normalized spacial score (nSPS) is 20.0. The third-order valence-corrected chi connectivity index (χ3v) is 2.96. The van der Waals surface area contributed by atoms with E-state index in [2.05, 4.69) is 0 Å². The number of aliphatic hydroxyl groups is 1. The molecule has 1 atom stereocenters. The van der Waals surface area contributed by atoms with Crippen LogP contribution in [0.15, 0.2) is 18.2 Å². The van der Waals surface area contributed by atoms with E-state index in [1.165, 1.54) is 0 Å². The molecule has 82 valence electrons. The Balaban J connectivity index is 2.45. The third kappa shape index (κ3) is 1.75. The van der Waals surface area contributed by atoms with Crippen LogP contribution < -0.4 is 5.73 Å². The van der Waals surface area contributed by atoms with E-state index in [0.717, 1.165) is 31.0 Å². The fourth-order valence-corrected chi connectivity index (χ4v) is 1.89. The van der Waals surface area contributed by atoms with Crippen molar-refractivity contribution < 1.29 is 13.9 Å². The molecule has 1 aromatic rings. The maximum Gasteiger partial charge on any atom is 0.129 e. The molecule has 1 aliphatic rings. The first-order valence-electron chi connectivity index (χ1n) is 4.96. The summed E-state index contributed by atoms with van der Waals surface area (Å²) < 4.78 is 26.4. The molecule has 1 unspecified atom stereocenters. The van der Waals surface area contributed by atoms with E-state index >= 15 is 0 Å². The molecule has 0 spiro atoms. The summed E-state index contributed by atoms with van der Waals surface area (Å²) in [6.45, 7) is -0.0853. The van der Waals surface area contributed by atoms with E-state index < -0.39 is 17.2 Å². The lowest BCUT2D eigenvalue weighted by atomic mass is 9.88. The van der Waals surface area contributed by atoms with Crippen molar-refractivity contribution in [3.8, 4) is 0 Å². The molecule has 0 saturated heterocycles. The zero-order valence-electron chi connectivity index (χ0n) is 8.21. The number of halogens is 2. The maximum atomic E-state index is 13.5. The van der Waals surface area contributed by atoms with Crippen LogP contribution in [0, 0.1) is 17.6 Å². The number of hydrogen-bond donors (Lipinski definition) is 2. The Labute approximate surface area is 86.7 Å². The molecule has 1 aliphatic carbocycles. The Morgan fingerprint density at radius 2 is 2.07 bits per heavy atom. The molecule has 15 heavy (non-hydrogen) atoms. The van der Waals surface area contributed by atoms with E-state index in [1.54, 1.807) is 0 Å². The van der Waals surface area contributed by atoms with Crippen LogP contribution in [0.3, 0.4) is 0 Å². The quantitative estimate of drug-likeness (QED) is 0.799. The Hall–Kier alpha value is -1.00.